The summed E-state index contributed by atoms with van der Waals surface area (Å²) < 4.78 is 5.31. The summed E-state index contributed by atoms with van der Waals surface area (Å²) in [4.78, 5) is 30.5. The summed E-state index contributed by atoms with van der Waals surface area (Å²) in [5.41, 5.74) is 5.20. The minimum Gasteiger partial charge on any atom is -0.497 e. The summed E-state index contributed by atoms with van der Waals surface area (Å²) >= 11 is 0. The molecule has 5 heteroatoms. The Kier molecular flexibility index (Phi) is 5.82. The number of benzene rings is 3. The van der Waals surface area contributed by atoms with Crippen LogP contribution in [0.15, 0.2) is 78.5 Å². The second-order valence-electron chi connectivity index (χ2n) is 8.03. The highest BCUT2D eigenvalue weighted by Crippen LogP contribution is 2.37. The number of carbonyl (C=O) groups is 2. The van der Waals surface area contributed by atoms with Gasteiger partial charge in [0.25, 0.3) is 11.8 Å². The molecule has 2 amide bonds. The first-order chi connectivity index (χ1) is 15.4. The molecule has 0 spiro atoms. The van der Waals surface area contributed by atoms with E-state index in [0.717, 1.165) is 22.3 Å². The summed E-state index contributed by atoms with van der Waals surface area (Å²) in [6.07, 6.45) is 0. The number of methoxy groups -OCH3 is 1. The lowest BCUT2D eigenvalue weighted by molar-refractivity contribution is -0.120. The van der Waals surface area contributed by atoms with Crippen LogP contribution in [0.5, 0.6) is 5.75 Å². The number of nitrogens with zero attached hydrogens (tertiary/aromatic N) is 2. The molecule has 32 heavy (non-hydrogen) atoms. The van der Waals surface area contributed by atoms with Gasteiger partial charge in [-0.1, -0.05) is 60.2 Å². The van der Waals surface area contributed by atoms with Crippen LogP contribution in [0.4, 0.5) is 5.69 Å². The lowest BCUT2D eigenvalue weighted by Crippen LogP contribution is -2.34. The Labute approximate surface area is 188 Å². The lowest BCUT2D eigenvalue weighted by atomic mass is 9.97. The van der Waals surface area contributed by atoms with E-state index in [4.69, 9.17) is 4.74 Å². The van der Waals surface area contributed by atoms with Crippen molar-refractivity contribution in [1.82, 2.24) is 4.90 Å². The van der Waals surface area contributed by atoms with E-state index < -0.39 is 0 Å². The number of anilines is 1. The van der Waals surface area contributed by atoms with Gasteiger partial charge >= 0.3 is 0 Å². The highest BCUT2D eigenvalue weighted by molar-refractivity contribution is 6.45. The molecule has 0 bridgehead atoms. The highest BCUT2D eigenvalue weighted by atomic mass is 16.5. The molecule has 1 aliphatic rings. The first kappa shape index (κ1) is 21.4. The fourth-order valence-corrected chi connectivity index (χ4v) is 4.13. The van der Waals surface area contributed by atoms with Gasteiger partial charge in [0.1, 0.15) is 11.4 Å². The third kappa shape index (κ3) is 3.89. The summed E-state index contributed by atoms with van der Waals surface area (Å²) in [5.74, 6) is -0.0796. The number of aryl methyl sites for hydroxylation is 2. The van der Waals surface area contributed by atoms with Crippen molar-refractivity contribution in [3.05, 3.63) is 101 Å². The first-order valence-electron chi connectivity index (χ1n) is 10.5. The summed E-state index contributed by atoms with van der Waals surface area (Å²) in [7, 11) is 3.41. The molecule has 0 unspecified atom stereocenters. The lowest BCUT2D eigenvalue weighted by Gasteiger charge is -2.22. The van der Waals surface area contributed by atoms with Crippen LogP contribution in [0.3, 0.4) is 0 Å². The molecular formula is C27H26N2O3. The molecule has 162 valence electrons. The predicted octanol–water partition coefficient (Wildman–Crippen LogP) is 4.73. The van der Waals surface area contributed by atoms with Crippen molar-refractivity contribution >= 4 is 23.1 Å². The maximum atomic E-state index is 13.7. The smallest absolute Gasteiger partial charge is 0.282 e. The van der Waals surface area contributed by atoms with Crippen LogP contribution in [-0.2, 0) is 16.1 Å². The molecule has 4 rings (SSSR count). The van der Waals surface area contributed by atoms with Crippen molar-refractivity contribution in [3.8, 4) is 5.75 Å². The van der Waals surface area contributed by atoms with Gasteiger partial charge in [0, 0.05) is 19.7 Å². The molecule has 0 fully saturated rings. The Bertz CT molecular complexity index is 1210. The molecule has 1 heterocycles. The zero-order valence-corrected chi connectivity index (χ0v) is 18.8. The standard InChI is InChI=1S/C27H26N2O3/c1-18-13-14-23(19(2)15-18)24-25(28(3)17-20-9-6-5-7-10-20)27(31)29(26(24)30)21-11-8-12-22(16-21)32-4/h5-16H,17H2,1-4H3. The number of hydrogen-bond acceptors (Lipinski definition) is 4. The zero-order chi connectivity index (χ0) is 22.8. The minimum absolute atomic E-state index is 0.329. The van der Waals surface area contributed by atoms with E-state index in [1.807, 2.05) is 74.3 Å². The third-order valence-electron chi connectivity index (χ3n) is 5.67. The Hall–Kier alpha value is -3.86. The molecule has 5 nitrogen and oxygen atoms in total. The van der Waals surface area contributed by atoms with Crippen molar-refractivity contribution in [2.75, 3.05) is 19.1 Å². The average molecular weight is 427 g/mol. The van der Waals surface area contributed by atoms with E-state index in [2.05, 4.69) is 0 Å². The number of ether oxygens (including phenoxy) is 1. The van der Waals surface area contributed by atoms with Crippen molar-refractivity contribution in [2.45, 2.75) is 20.4 Å². The number of carbonyl (C=O) groups excluding carboxylic acids is 2. The van der Waals surface area contributed by atoms with Gasteiger partial charge in [0.05, 0.1) is 18.4 Å². The zero-order valence-electron chi connectivity index (χ0n) is 18.8. The SMILES string of the molecule is COc1cccc(N2C(=O)C(c3ccc(C)cc3C)=C(N(C)Cc3ccccc3)C2=O)c1. The molecule has 1 aliphatic heterocycles. The van der Waals surface area contributed by atoms with Crippen LogP contribution in [0.2, 0.25) is 0 Å². The Morgan fingerprint density at radius 3 is 2.31 bits per heavy atom. The topological polar surface area (TPSA) is 49.9 Å². The number of likely N-dealkylation sites (N-methyl/N-ethyl adjacent to an activating group) is 1. The Morgan fingerprint density at radius 2 is 1.62 bits per heavy atom. The van der Waals surface area contributed by atoms with Crippen LogP contribution in [0.25, 0.3) is 5.57 Å². The highest BCUT2D eigenvalue weighted by Gasteiger charge is 2.42. The van der Waals surface area contributed by atoms with Crippen molar-refractivity contribution in [1.29, 1.82) is 0 Å². The van der Waals surface area contributed by atoms with E-state index in [1.54, 1.807) is 31.4 Å². The number of rotatable bonds is 6. The summed E-state index contributed by atoms with van der Waals surface area (Å²) in [6.45, 7) is 4.49. The Morgan fingerprint density at radius 1 is 0.875 bits per heavy atom. The normalized spacial score (nSPS) is 13.7. The third-order valence-corrected chi connectivity index (χ3v) is 5.67. The van der Waals surface area contributed by atoms with Gasteiger partial charge in [-0.05, 0) is 42.7 Å². The van der Waals surface area contributed by atoms with Crippen LogP contribution in [0, 0.1) is 13.8 Å². The van der Waals surface area contributed by atoms with Gasteiger partial charge in [-0.25, -0.2) is 4.90 Å². The fourth-order valence-electron chi connectivity index (χ4n) is 4.13. The molecular weight excluding hydrogens is 400 g/mol. The molecule has 0 aliphatic carbocycles. The molecule has 3 aromatic carbocycles. The molecule has 0 saturated heterocycles. The molecule has 0 radical (unpaired) electrons. The number of amides is 2. The van der Waals surface area contributed by atoms with Crippen LogP contribution < -0.4 is 9.64 Å². The molecule has 0 aromatic heterocycles. The van der Waals surface area contributed by atoms with Crippen molar-refractivity contribution in [3.63, 3.8) is 0 Å². The summed E-state index contributed by atoms with van der Waals surface area (Å²) in [5, 5.41) is 0. The van der Waals surface area contributed by atoms with Crippen LogP contribution >= 0.6 is 0 Å². The maximum absolute atomic E-state index is 13.7. The van der Waals surface area contributed by atoms with Gasteiger partial charge in [-0.2, -0.15) is 0 Å². The average Bonchev–Trinajstić information content (AvgIpc) is 3.04. The van der Waals surface area contributed by atoms with E-state index in [0.29, 0.717) is 29.3 Å². The van der Waals surface area contributed by atoms with Gasteiger partial charge in [0.2, 0.25) is 0 Å². The second-order valence-corrected chi connectivity index (χ2v) is 8.03. The Balaban J connectivity index is 1.83. The van der Waals surface area contributed by atoms with Crippen LogP contribution in [-0.4, -0.2) is 30.9 Å². The largest absolute Gasteiger partial charge is 0.497 e. The quantitative estimate of drug-likeness (QED) is 0.535. The minimum atomic E-state index is -0.336. The molecule has 0 atom stereocenters. The van der Waals surface area contributed by atoms with Gasteiger partial charge in [-0.15, -0.1) is 0 Å². The van der Waals surface area contributed by atoms with E-state index in [9.17, 15) is 9.59 Å². The predicted molar refractivity (Wildman–Crippen MR) is 126 cm³/mol. The second kappa shape index (κ2) is 8.71. The van der Waals surface area contributed by atoms with Gasteiger partial charge < -0.3 is 9.64 Å². The van der Waals surface area contributed by atoms with E-state index >= 15 is 0 Å². The van der Waals surface area contributed by atoms with Gasteiger partial charge in [-0.3, -0.25) is 9.59 Å². The monoisotopic (exact) mass is 426 g/mol. The fraction of sp³-hybridized carbons (Fsp3) is 0.185. The summed E-state index contributed by atoms with van der Waals surface area (Å²) in [6, 6.07) is 22.8. The first-order valence-corrected chi connectivity index (χ1v) is 10.5. The number of imide groups is 1. The van der Waals surface area contributed by atoms with Crippen LogP contribution in [0.1, 0.15) is 22.3 Å². The number of hydrogen-bond donors (Lipinski definition) is 0. The van der Waals surface area contributed by atoms with Gasteiger partial charge in [0.15, 0.2) is 0 Å². The molecule has 0 saturated carbocycles. The van der Waals surface area contributed by atoms with Crippen molar-refractivity contribution in [2.24, 2.45) is 0 Å². The van der Waals surface area contributed by atoms with Crippen molar-refractivity contribution < 1.29 is 14.3 Å². The van der Waals surface area contributed by atoms with E-state index in [-0.39, 0.29) is 11.8 Å². The molecule has 0 N–H and O–H groups in total. The maximum Gasteiger partial charge on any atom is 0.282 e. The molecule has 3 aromatic rings. The van der Waals surface area contributed by atoms with E-state index in [1.165, 1.54) is 4.90 Å².